The van der Waals surface area contributed by atoms with Gasteiger partial charge in [-0.1, -0.05) is 17.7 Å². The number of aryl methyl sites for hydroxylation is 2. The minimum atomic E-state index is -0.243. The molecular weight excluding hydrogens is 224 g/mol. The maximum absolute atomic E-state index is 11.7. The average molecular weight is 241 g/mol. The normalized spacial score (nSPS) is 10.2. The number of rotatable bonds is 5. The Balaban J connectivity index is 2.92. The van der Waals surface area contributed by atoms with Gasteiger partial charge in [-0.3, -0.25) is 0 Å². The Labute approximate surface area is 102 Å². The summed E-state index contributed by atoms with van der Waals surface area (Å²) >= 11 is 5.67. The fourth-order valence-electron chi connectivity index (χ4n) is 1.59. The van der Waals surface area contributed by atoms with Crippen molar-refractivity contribution in [2.24, 2.45) is 0 Å². The number of alkyl halides is 1. The molecule has 0 unspecified atom stereocenters. The Kier molecular flexibility index (Phi) is 5.33. The number of benzene rings is 1. The molecule has 1 rings (SSSR count). The lowest BCUT2D eigenvalue weighted by Gasteiger charge is -2.09. The highest BCUT2D eigenvalue weighted by atomic mass is 35.5. The van der Waals surface area contributed by atoms with Gasteiger partial charge in [0.05, 0.1) is 12.2 Å². The maximum atomic E-state index is 11.7. The predicted octanol–water partition coefficient (Wildman–Crippen LogP) is 3.34. The summed E-state index contributed by atoms with van der Waals surface area (Å²) in [4.78, 5) is 11.7. The SMILES string of the molecule is CCOC(=O)c1ccc(C)cc1CCCCl. The van der Waals surface area contributed by atoms with Crippen molar-refractivity contribution < 1.29 is 9.53 Å². The molecule has 0 heterocycles. The topological polar surface area (TPSA) is 26.3 Å². The van der Waals surface area contributed by atoms with Gasteiger partial charge < -0.3 is 4.74 Å². The molecule has 88 valence electrons. The van der Waals surface area contributed by atoms with E-state index in [4.69, 9.17) is 16.3 Å². The van der Waals surface area contributed by atoms with E-state index in [0.717, 1.165) is 24.0 Å². The van der Waals surface area contributed by atoms with Crippen molar-refractivity contribution in [3.8, 4) is 0 Å². The molecule has 0 aliphatic heterocycles. The molecule has 0 aliphatic rings. The fourth-order valence-corrected chi connectivity index (χ4v) is 1.73. The number of carbonyl (C=O) groups excluding carboxylic acids is 1. The maximum Gasteiger partial charge on any atom is 0.338 e. The highest BCUT2D eigenvalue weighted by molar-refractivity contribution is 6.17. The molecule has 0 radical (unpaired) electrons. The van der Waals surface area contributed by atoms with E-state index >= 15 is 0 Å². The number of carbonyl (C=O) groups is 1. The first-order valence-electron chi connectivity index (χ1n) is 5.51. The Hall–Kier alpha value is -1.02. The van der Waals surface area contributed by atoms with Crippen molar-refractivity contribution in [3.05, 3.63) is 34.9 Å². The summed E-state index contributed by atoms with van der Waals surface area (Å²) in [6.07, 6.45) is 1.69. The molecule has 3 heteroatoms. The summed E-state index contributed by atoms with van der Waals surface area (Å²) in [6, 6.07) is 5.78. The molecule has 0 bridgehead atoms. The van der Waals surface area contributed by atoms with Crippen LogP contribution < -0.4 is 0 Å². The molecule has 1 aromatic carbocycles. The Morgan fingerprint density at radius 2 is 2.19 bits per heavy atom. The number of halogens is 1. The molecule has 0 aliphatic carbocycles. The minimum Gasteiger partial charge on any atom is -0.462 e. The number of esters is 1. The van der Waals surface area contributed by atoms with Crippen molar-refractivity contribution in [2.45, 2.75) is 26.7 Å². The Morgan fingerprint density at radius 1 is 1.44 bits per heavy atom. The highest BCUT2D eigenvalue weighted by Crippen LogP contribution is 2.15. The van der Waals surface area contributed by atoms with Crippen LogP contribution in [0, 0.1) is 6.92 Å². The standard InChI is InChI=1S/C13H17ClO2/c1-3-16-13(15)12-7-6-10(2)9-11(12)5-4-8-14/h6-7,9H,3-5,8H2,1-2H3. The van der Waals surface area contributed by atoms with E-state index in [9.17, 15) is 4.79 Å². The van der Waals surface area contributed by atoms with Crippen LogP contribution in [0.25, 0.3) is 0 Å². The molecule has 2 nitrogen and oxygen atoms in total. The van der Waals surface area contributed by atoms with Crippen molar-refractivity contribution in [3.63, 3.8) is 0 Å². The number of ether oxygens (including phenoxy) is 1. The van der Waals surface area contributed by atoms with Gasteiger partial charge in [0.2, 0.25) is 0 Å². The van der Waals surface area contributed by atoms with Crippen LogP contribution in [0.5, 0.6) is 0 Å². The molecule has 0 fully saturated rings. The van der Waals surface area contributed by atoms with Crippen LogP contribution in [0.2, 0.25) is 0 Å². The van der Waals surface area contributed by atoms with Gasteiger partial charge in [-0.25, -0.2) is 4.79 Å². The summed E-state index contributed by atoms with van der Waals surface area (Å²) < 4.78 is 5.02. The zero-order chi connectivity index (χ0) is 12.0. The van der Waals surface area contributed by atoms with Crippen molar-refractivity contribution >= 4 is 17.6 Å². The van der Waals surface area contributed by atoms with E-state index < -0.39 is 0 Å². The number of hydrogen-bond donors (Lipinski definition) is 0. The molecule has 0 aromatic heterocycles. The summed E-state index contributed by atoms with van der Waals surface area (Å²) in [5.41, 5.74) is 2.84. The lowest BCUT2D eigenvalue weighted by molar-refractivity contribution is 0.0525. The molecule has 16 heavy (non-hydrogen) atoms. The van der Waals surface area contributed by atoms with E-state index in [1.807, 2.05) is 32.0 Å². The Morgan fingerprint density at radius 3 is 2.81 bits per heavy atom. The van der Waals surface area contributed by atoms with Gasteiger partial charge in [0, 0.05) is 5.88 Å². The van der Waals surface area contributed by atoms with Crippen molar-refractivity contribution in [1.29, 1.82) is 0 Å². The third kappa shape index (κ3) is 3.53. The molecule has 0 N–H and O–H groups in total. The first-order valence-corrected chi connectivity index (χ1v) is 6.05. The molecule has 0 saturated heterocycles. The van der Waals surface area contributed by atoms with Gasteiger partial charge in [0.1, 0.15) is 0 Å². The van der Waals surface area contributed by atoms with E-state index in [2.05, 4.69) is 0 Å². The zero-order valence-electron chi connectivity index (χ0n) is 9.75. The first kappa shape index (κ1) is 13.0. The van der Waals surface area contributed by atoms with Crippen LogP contribution in [0.15, 0.2) is 18.2 Å². The summed E-state index contributed by atoms with van der Waals surface area (Å²) in [7, 11) is 0. The van der Waals surface area contributed by atoms with Gasteiger partial charge in [-0.15, -0.1) is 11.6 Å². The molecule has 0 amide bonds. The van der Waals surface area contributed by atoms with E-state index in [1.165, 1.54) is 0 Å². The van der Waals surface area contributed by atoms with Crippen molar-refractivity contribution in [2.75, 3.05) is 12.5 Å². The monoisotopic (exact) mass is 240 g/mol. The predicted molar refractivity (Wildman–Crippen MR) is 66.2 cm³/mol. The van der Waals surface area contributed by atoms with E-state index in [1.54, 1.807) is 0 Å². The third-order valence-electron chi connectivity index (χ3n) is 2.34. The molecule has 0 spiro atoms. The summed E-state index contributed by atoms with van der Waals surface area (Å²) in [5.74, 6) is 0.364. The van der Waals surface area contributed by atoms with Crippen LogP contribution in [0.1, 0.15) is 34.8 Å². The second kappa shape index (κ2) is 6.54. The second-order valence-electron chi connectivity index (χ2n) is 3.67. The smallest absolute Gasteiger partial charge is 0.338 e. The first-order chi connectivity index (χ1) is 7.69. The summed E-state index contributed by atoms with van der Waals surface area (Å²) in [5, 5.41) is 0. The van der Waals surface area contributed by atoms with Gasteiger partial charge in [-0.2, -0.15) is 0 Å². The lowest BCUT2D eigenvalue weighted by Crippen LogP contribution is -2.08. The molecule has 1 aromatic rings. The van der Waals surface area contributed by atoms with Crippen LogP contribution >= 0.6 is 11.6 Å². The third-order valence-corrected chi connectivity index (χ3v) is 2.60. The lowest BCUT2D eigenvalue weighted by atomic mass is 10.0. The van der Waals surface area contributed by atoms with Gasteiger partial charge >= 0.3 is 5.97 Å². The van der Waals surface area contributed by atoms with Crippen LogP contribution in [-0.4, -0.2) is 18.5 Å². The average Bonchev–Trinajstić information content (AvgIpc) is 2.26. The van der Waals surface area contributed by atoms with E-state index in [-0.39, 0.29) is 5.97 Å². The van der Waals surface area contributed by atoms with Gasteiger partial charge in [-0.05, 0) is 38.3 Å². The number of hydrogen-bond acceptors (Lipinski definition) is 2. The molecule has 0 atom stereocenters. The van der Waals surface area contributed by atoms with Crippen LogP contribution in [0.4, 0.5) is 0 Å². The Bertz CT molecular complexity index is 361. The van der Waals surface area contributed by atoms with Gasteiger partial charge in [0.15, 0.2) is 0 Å². The zero-order valence-corrected chi connectivity index (χ0v) is 10.5. The van der Waals surface area contributed by atoms with E-state index in [0.29, 0.717) is 18.1 Å². The summed E-state index contributed by atoms with van der Waals surface area (Å²) in [6.45, 7) is 4.23. The van der Waals surface area contributed by atoms with Crippen LogP contribution in [0.3, 0.4) is 0 Å². The quantitative estimate of drug-likeness (QED) is 0.583. The second-order valence-corrected chi connectivity index (χ2v) is 4.05. The molecular formula is C13H17ClO2. The van der Waals surface area contributed by atoms with Crippen LogP contribution in [-0.2, 0) is 11.2 Å². The van der Waals surface area contributed by atoms with Crippen molar-refractivity contribution in [1.82, 2.24) is 0 Å². The van der Waals surface area contributed by atoms with Gasteiger partial charge in [0.25, 0.3) is 0 Å². The molecule has 0 saturated carbocycles. The highest BCUT2D eigenvalue weighted by Gasteiger charge is 2.11. The fraction of sp³-hybridized carbons (Fsp3) is 0.462. The largest absolute Gasteiger partial charge is 0.462 e. The minimum absolute atomic E-state index is 0.243.